The molecule has 0 amide bonds. The molecule has 0 spiro atoms. The van der Waals surface area contributed by atoms with E-state index >= 15 is 0 Å². The molecular weight excluding hydrogens is 398 g/mol. The van der Waals surface area contributed by atoms with Gasteiger partial charge in [-0.05, 0) is 42.9 Å². The van der Waals surface area contributed by atoms with Crippen molar-refractivity contribution in [1.82, 2.24) is 24.8 Å². The average molecular weight is 424 g/mol. The summed E-state index contributed by atoms with van der Waals surface area (Å²) in [6.45, 7) is 9.41. The third-order valence-electron chi connectivity index (χ3n) is 6.46. The number of fused-ring (bicyclic) bond motifs is 1. The molecule has 1 N–H and O–H groups in total. The summed E-state index contributed by atoms with van der Waals surface area (Å²) >= 11 is 6.23. The van der Waals surface area contributed by atoms with Crippen LogP contribution in [0, 0.1) is 24.2 Å². The molecule has 3 aromatic heterocycles. The van der Waals surface area contributed by atoms with Gasteiger partial charge in [0.25, 0.3) is 0 Å². The molecule has 3 atom stereocenters. The Kier molecular flexibility index (Phi) is 4.65. The van der Waals surface area contributed by atoms with Crippen LogP contribution in [0.5, 0.6) is 0 Å². The van der Waals surface area contributed by atoms with Crippen LogP contribution in [0.3, 0.4) is 0 Å². The van der Waals surface area contributed by atoms with E-state index in [1.165, 1.54) is 6.42 Å². The van der Waals surface area contributed by atoms with Gasteiger partial charge in [0.05, 0.1) is 22.6 Å². The molecule has 2 aliphatic heterocycles. The molecule has 8 heteroatoms. The quantitative estimate of drug-likeness (QED) is 0.693. The highest BCUT2D eigenvalue weighted by atomic mass is 35.5. The van der Waals surface area contributed by atoms with Gasteiger partial charge in [0.1, 0.15) is 5.65 Å². The van der Waals surface area contributed by atoms with Crippen LogP contribution in [0.2, 0.25) is 5.02 Å². The highest BCUT2D eigenvalue weighted by molar-refractivity contribution is 6.30. The topological polar surface area (TPSA) is 70.7 Å². The number of aryl methyl sites for hydroxylation is 1. The van der Waals surface area contributed by atoms with E-state index in [0.717, 1.165) is 48.2 Å². The second-order valence-electron chi connectivity index (χ2n) is 8.96. The van der Waals surface area contributed by atoms with Crippen molar-refractivity contribution in [3.8, 4) is 11.4 Å². The van der Waals surface area contributed by atoms with Crippen molar-refractivity contribution in [2.24, 2.45) is 22.4 Å². The first-order chi connectivity index (χ1) is 14.4. The lowest BCUT2D eigenvalue weighted by Crippen LogP contribution is -2.48. The number of piperidine rings is 1. The monoisotopic (exact) mass is 423 g/mol. The van der Waals surface area contributed by atoms with Crippen LogP contribution in [-0.4, -0.2) is 45.2 Å². The van der Waals surface area contributed by atoms with E-state index < -0.39 is 0 Å². The molecule has 0 saturated carbocycles. The number of nitrogens with one attached hydrogen (secondary N) is 1. The molecule has 1 unspecified atom stereocenters. The average Bonchev–Trinajstić information content (AvgIpc) is 3.35. The third-order valence-corrected chi connectivity index (χ3v) is 6.68. The Bertz CT molecular complexity index is 1120. The number of aromatic nitrogens is 4. The number of nitrogens with zero attached hydrogens (tertiary/aromatic N) is 6. The van der Waals surface area contributed by atoms with Crippen molar-refractivity contribution in [2.75, 3.05) is 24.5 Å². The molecule has 5 heterocycles. The second kappa shape index (κ2) is 7.23. The predicted octanol–water partition coefficient (Wildman–Crippen LogP) is 3.81. The van der Waals surface area contributed by atoms with Crippen molar-refractivity contribution in [3.05, 3.63) is 41.3 Å². The van der Waals surface area contributed by atoms with Crippen molar-refractivity contribution in [2.45, 2.75) is 27.2 Å². The molecule has 2 aliphatic rings. The van der Waals surface area contributed by atoms with Crippen LogP contribution in [0.15, 0.2) is 35.8 Å². The Labute approximate surface area is 181 Å². The van der Waals surface area contributed by atoms with Crippen molar-refractivity contribution >= 4 is 29.4 Å². The minimum atomic E-state index is 0.0683. The molecule has 3 aromatic rings. The summed E-state index contributed by atoms with van der Waals surface area (Å²) in [5.74, 6) is 1.84. The summed E-state index contributed by atoms with van der Waals surface area (Å²) in [4.78, 5) is 16.5. The highest BCUT2D eigenvalue weighted by Crippen LogP contribution is 2.37. The lowest BCUT2D eigenvalue weighted by Gasteiger charge is -2.42. The summed E-state index contributed by atoms with van der Waals surface area (Å²) in [7, 11) is 0. The van der Waals surface area contributed by atoms with Crippen LogP contribution in [0.4, 0.5) is 5.95 Å². The fraction of sp³-hybridized carbons (Fsp3) is 0.455. The number of hydrogen-bond donors (Lipinski definition) is 1. The van der Waals surface area contributed by atoms with Crippen LogP contribution in [0.25, 0.3) is 17.0 Å². The zero-order valence-corrected chi connectivity index (χ0v) is 18.3. The summed E-state index contributed by atoms with van der Waals surface area (Å²) in [6, 6.07) is 3.76. The zero-order chi connectivity index (χ0) is 20.9. The number of halogens is 1. The normalized spacial score (nSPS) is 26.3. The van der Waals surface area contributed by atoms with Crippen LogP contribution in [0.1, 0.15) is 25.8 Å². The minimum Gasteiger partial charge on any atom is -0.340 e. The maximum Gasteiger partial charge on any atom is 0.225 e. The number of imidazole rings is 1. The highest BCUT2D eigenvalue weighted by Gasteiger charge is 2.40. The van der Waals surface area contributed by atoms with E-state index in [2.05, 4.69) is 40.5 Å². The standard InChI is InChI=1S/C22H26ClN7/c1-14-6-16(22(3)12-26-27-13-22)10-29(9-14)21-25-7-15(2)20(28-21)18-8-24-19-5-4-17(23)11-30(18)19/h4-5,7-8,11-12,14,16,27H,6,9-10,13H2,1-3H3/t14-,16-,22?/m0/s1. The number of hydrogen-bond acceptors (Lipinski definition) is 6. The Morgan fingerprint density at radius 1 is 1.20 bits per heavy atom. The molecular formula is C22H26ClN7. The van der Waals surface area contributed by atoms with Gasteiger partial charge in [0.2, 0.25) is 5.95 Å². The fourth-order valence-corrected chi connectivity index (χ4v) is 4.83. The van der Waals surface area contributed by atoms with Gasteiger partial charge < -0.3 is 10.3 Å². The molecule has 5 rings (SSSR count). The number of rotatable bonds is 3. The van der Waals surface area contributed by atoms with Gasteiger partial charge in [-0.25, -0.2) is 15.0 Å². The molecule has 30 heavy (non-hydrogen) atoms. The van der Waals surface area contributed by atoms with Crippen LogP contribution < -0.4 is 10.3 Å². The number of pyridine rings is 1. The fourth-order valence-electron chi connectivity index (χ4n) is 4.67. The number of anilines is 1. The van der Waals surface area contributed by atoms with E-state index in [9.17, 15) is 0 Å². The smallest absolute Gasteiger partial charge is 0.225 e. The van der Waals surface area contributed by atoms with Gasteiger partial charge in [0.15, 0.2) is 0 Å². The molecule has 0 bridgehead atoms. The first kappa shape index (κ1) is 19.3. The molecule has 7 nitrogen and oxygen atoms in total. The summed E-state index contributed by atoms with van der Waals surface area (Å²) in [5.41, 5.74) is 6.88. The molecule has 1 fully saturated rings. The van der Waals surface area contributed by atoms with Gasteiger partial charge in [-0.15, -0.1) is 0 Å². The van der Waals surface area contributed by atoms with Crippen LogP contribution in [-0.2, 0) is 0 Å². The first-order valence-corrected chi connectivity index (χ1v) is 10.8. The lowest BCUT2D eigenvalue weighted by atomic mass is 9.72. The van der Waals surface area contributed by atoms with Gasteiger partial charge in [-0.2, -0.15) is 5.10 Å². The largest absolute Gasteiger partial charge is 0.340 e. The predicted molar refractivity (Wildman–Crippen MR) is 120 cm³/mol. The van der Waals surface area contributed by atoms with Gasteiger partial charge in [-0.3, -0.25) is 4.40 Å². The van der Waals surface area contributed by atoms with E-state index in [-0.39, 0.29) is 5.41 Å². The summed E-state index contributed by atoms with van der Waals surface area (Å²) in [5, 5.41) is 4.95. The summed E-state index contributed by atoms with van der Waals surface area (Å²) in [6.07, 6.45) is 8.92. The van der Waals surface area contributed by atoms with Crippen molar-refractivity contribution < 1.29 is 0 Å². The van der Waals surface area contributed by atoms with E-state index in [1.54, 1.807) is 0 Å². The Hall–Kier alpha value is -2.67. The van der Waals surface area contributed by atoms with Crippen molar-refractivity contribution in [1.29, 1.82) is 0 Å². The van der Waals surface area contributed by atoms with Crippen LogP contribution >= 0.6 is 11.6 Å². The van der Waals surface area contributed by atoms with Gasteiger partial charge in [-0.1, -0.05) is 25.4 Å². The summed E-state index contributed by atoms with van der Waals surface area (Å²) < 4.78 is 1.99. The van der Waals surface area contributed by atoms with E-state index in [0.29, 0.717) is 16.9 Å². The van der Waals surface area contributed by atoms with E-state index in [4.69, 9.17) is 21.6 Å². The SMILES string of the molecule is Cc1cnc(N2C[C@@H](C)C[C@H](C3(C)C=NNC3)C2)nc1-c1cnc2ccc(Cl)cn12. The first-order valence-electron chi connectivity index (χ1n) is 10.4. The molecule has 0 aliphatic carbocycles. The Morgan fingerprint density at radius 2 is 2.07 bits per heavy atom. The molecule has 156 valence electrons. The molecule has 0 radical (unpaired) electrons. The zero-order valence-electron chi connectivity index (χ0n) is 17.5. The third kappa shape index (κ3) is 3.31. The molecule has 1 saturated heterocycles. The Morgan fingerprint density at radius 3 is 2.87 bits per heavy atom. The number of hydrazone groups is 1. The van der Waals surface area contributed by atoms with E-state index in [1.807, 2.05) is 42.0 Å². The molecule has 0 aromatic carbocycles. The lowest BCUT2D eigenvalue weighted by molar-refractivity contribution is 0.217. The maximum atomic E-state index is 6.23. The minimum absolute atomic E-state index is 0.0683. The van der Waals surface area contributed by atoms with Gasteiger partial charge in [0, 0.05) is 43.7 Å². The second-order valence-corrected chi connectivity index (χ2v) is 9.40. The van der Waals surface area contributed by atoms with Gasteiger partial charge >= 0.3 is 0 Å². The maximum absolute atomic E-state index is 6.23. The van der Waals surface area contributed by atoms with Crippen molar-refractivity contribution in [3.63, 3.8) is 0 Å². The Balaban J connectivity index is 1.51.